The first-order chi connectivity index (χ1) is 9.60. The summed E-state index contributed by atoms with van der Waals surface area (Å²) < 4.78 is 0. The molecule has 0 saturated heterocycles. The van der Waals surface area contributed by atoms with Crippen molar-refractivity contribution in [1.29, 1.82) is 0 Å². The van der Waals surface area contributed by atoms with Crippen LogP contribution in [0.1, 0.15) is 5.56 Å². The average molecular weight is 290 g/mol. The Bertz CT molecular complexity index is 681. The molecule has 0 aliphatic carbocycles. The second kappa shape index (κ2) is 5.95. The summed E-state index contributed by atoms with van der Waals surface area (Å²) in [5.74, 6) is 0.0595. The van der Waals surface area contributed by atoms with E-state index in [9.17, 15) is 10.1 Å². The highest BCUT2D eigenvalue weighted by atomic mass is 35.5. The topological polar surface area (TPSA) is 85.3 Å². The van der Waals surface area contributed by atoms with E-state index in [4.69, 9.17) is 18.2 Å². The first-order valence-electron chi connectivity index (χ1n) is 5.47. The van der Waals surface area contributed by atoms with Gasteiger partial charge in [-0.3, -0.25) is 10.1 Å². The van der Waals surface area contributed by atoms with Gasteiger partial charge in [0.1, 0.15) is 6.20 Å². The minimum absolute atomic E-state index is 0.0595. The summed E-state index contributed by atoms with van der Waals surface area (Å²) in [6.07, 6.45) is 1.06. The van der Waals surface area contributed by atoms with Crippen LogP contribution in [0.5, 0.6) is 0 Å². The lowest BCUT2D eigenvalue weighted by Crippen LogP contribution is -2.05. The lowest BCUT2D eigenvalue weighted by Gasteiger charge is -2.06. The van der Waals surface area contributed by atoms with Gasteiger partial charge in [0, 0.05) is 6.54 Å². The first-order valence-corrected chi connectivity index (χ1v) is 5.85. The quantitative estimate of drug-likeness (QED) is 0.404. The van der Waals surface area contributed by atoms with Gasteiger partial charge in [0.2, 0.25) is 11.1 Å². The molecule has 0 aliphatic heterocycles. The van der Waals surface area contributed by atoms with Gasteiger partial charge >= 0.3 is 5.69 Å². The van der Waals surface area contributed by atoms with Crippen LogP contribution in [-0.2, 0) is 6.54 Å². The standard InChI is InChI=1S/C12H8ClN5O2/c1-14-9-4-2-8(3-5-9)6-15-11-10(18(19)20)7-16-12(13)17-11/h2-5,7H,6H2,(H,15,16,17). The van der Waals surface area contributed by atoms with Gasteiger partial charge in [0.25, 0.3) is 0 Å². The van der Waals surface area contributed by atoms with Gasteiger partial charge in [-0.05, 0) is 17.2 Å². The Morgan fingerprint density at radius 2 is 2.10 bits per heavy atom. The van der Waals surface area contributed by atoms with E-state index >= 15 is 0 Å². The molecule has 0 unspecified atom stereocenters. The number of hydrogen-bond acceptors (Lipinski definition) is 5. The number of halogens is 1. The Kier molecular flexibility index (Phi) is 4.08. The second-order valence-corrected chi connectivity index (χ2v) is 4.10. The highest BCUT2D eigenvalue weighted by molar-refractivity contribution is 6.28. The van der Waals surface area contributed by atoms with Gasteiger partial charge in [0.05, 0.1) is 11.5 Å². The smallest absolute Gasteiger partial charge is 0.329 e. The van der Waals surface area contributed by atoms with Gasteiger partial charge in [-0.25, -0.2) is 9.83 Å². The summed E-state index contributed by atoms with van der Waals surface area (Å²) in [7, 11) is 0. The highest BCUT2D eigenvalue weighted by Gasteiger charge is 2.16. The largest absolute Gasteiger partial charge is 0.360 e. The summed E-state index contributed by atoms with van der Waals surface area (Å²) in [6.45, 7) is 7.18. The molecule has 1 aromatic carbocycles. The van der Waals surface area contributed by atoms with Crippen LogP contribution in [0.25, 0.3) is 4.85 Å². The summed E-state index contributed by atoms with van der Waals surface area (Å²) in [5, 5.41) is 13.6. The lowest BCUT2D eigenvalue weighted by atomic mass is 10.2. The maximum atomic E-state index is 10.8. The number of nitro groups is 1. The molecule has 1 heterocycles. The summed E-state index contributed by atoms with van der Waals surface area (Å²) in [6, 6.07) is 6.86. The Labute approximate surface area is 119 Å². The molecule has 0 fully saturated rings. The molecule has 1 aromatic heterocycles. The fraction of sp³-hybridized carbons (Fsp3) is 0.0833. The number of hydrogen-bond donors (Lipinski definition) is 1. The minimum Gasteiger partial charge on any atom is -0.360 e. The Hall–Kier alpha value is -2.72. The van der Waals surface area contributed by atoms with Crippen molar-refractivity contribution >= 4 is 28.8 Å². The van der Waals surface area contributed by atoms with Crippen molar-refractivity contribution in [2.75, 3.05) is 5.32 Å². The van der Waals surface area contributed by atoms with E-state index in [-0.39, 0.29) is 16.8 Å². The average Bonchev–Trinajstić information content (AvgIpc) is 2.45. The van der Waals surface area contributed by atoms with E-state index in [0.717, 1.165) is 11.8 Å². The molecule has 1 N–H and O–H groups in total. The molecular weight excluding hydrogens is 282 g/mol. The molecular formula is C12H8ClN5O2. The van der Waals surface area contributed by atoms with Crippen molar-refractivity contribution < 1.29 is 4.92 Å². The zero-order valence-electron chi connectivity index (χ0n) is 10.1. The van der Waals surface area contributed by atoms with Gasteiger partial charge < -0.3 is 5.32 Å². The van der Waals surface area contributed by atoms with E-state index in [2.05, 4.69) is 20.1 Å². The van der Waals surface area contributed by atoms with Crippen LogP contribution in [0.3, 0.4) is 0 Å². The van der Waals surface area contributed by atoms with Crippen molar-refractivity contribution in [3.05, 3.63) is 62.8 Å². The highest BCUT2D eigenvalue weighted by Crippen LogP contribution is 2.22. The van der Waals surface area contributed by atoms with Crippen LogP contribution < -0.4 is 5.32 Å². The monoisotopic (exact) mass is 289 g/mol. The Morgan fingerprint density at radius 1 is 1.40 bits per heavy atom. The van der Waals surface area contributed by atoms with Gasteiger partial charge in [-0.1, -0.05) is 24.3 Å². The predicted molar refractivity (Wildman–Crippen MR) is 73.7 cm³/mol. The molecule has 0 radical (unpaired) electrons. The van der Waals surface area contributed by atoms with E-state index in [0.29, 0.717) is 12.2 Å². The van der Waals surface area contributed by atoms with Crippen LogP contribution in [0, 0.1) is 16.7 Å². The molecule has 2 rings (SSSR count). The number of anilines is 1. The molecule has 7 nitrogen and oxygen atoms in total. The van der Waals surface area contributed by atoms with Gasteiger partial charge in [-0.2, -0.15) is 4.98 Å². The van der Waals surface area contributed by atoms with E-state index < -0.39 is 4.92 Å². The van der Waals surface area contributed by atoms with Crippen molar-refractivity contribution in [3.8, 4) is 0 Å². The zero-order chi connectivity index (χ0) is 14.5. The number of nitrogens with zero attached hydrogens (tertiary/aromatic N) is 4. The SMILES string of the molecule is [C-]#[N+]c1ccc(CNc2nc(Cl)ncc2[N+](=O)[O-])cc1. The molecule has 0 saturated carbocycles. The Balaban J connectivity index is 2.15. The molecule has 100 valence electrons. The zero-order valence-corrected chi connectivity index (χ0v) is 10.8. The molecule has 20 heavy (non-hydrogen) atoms. The van der Waals surface area contributed by atoms with Crippen LogP contribution in [0.2, 0.25) is 5.28 Å². The van der Waals surface area contributed by atoms with Crippen LogP contribution in [0.15, 0.2) is 30.5 Å². The molecule has 0 amide bonds. The summed E-state index contributed by atoms with van der Waals surface area (Å²) in [5.41, 5.74) is 1.15. The molecule has 0 bridgehead atoms. The number of aromatic nitrogens is 2. The second-order valence-electron chi connectivity index (χ2n) is 3.76. The molecule has 0 atom stereocenters. The first kappa shape index (κ1) is 13.7. The third kappa shape index (κ3) is 3.18. The number of rotatable bonds is 4. The van der Waals surface area contributed by atoms with Crippen molar-refractivity contribution in [2.24, 2.45) is 0 Å². The van der Waals surface area contributed by atoms with Crippen LogP contribution >= 0.6 is 11.6 Å². The van der Waals surface area contributed by atoms with Crippen LogP contribution in [0.4, 0.5) is 17.2 Å². The number of nitrogens with one attached hydrogen (secondary N) is 1. The molecule has 8 heteroatoms. The van der Waals surface area contributed by atoms with Crippen molar-refractivity contribution in [1.82, 2.24) is 9.97 Å². The molecule has 2 aromatic rings. The van der Waals surface area contributed by atoms with E-state index in [1.54, 1.807) is 24.3 Å². The fourth-order valence-corrected chi connectivity index (χ4v) is 1.63. The normalized spacial score (nSPS) is 9.80. The fourth-order valence-electron chi connectivity index (χ4n) is 1.49. The third-order valence-electron chi connectivity index (χ3n) is 2.46. The minimum atomic E-state index is -0.583. The van der Waals surface area contributed by atoms with E-state index in [1.165, 1.54) is 0 Å². The van der Waals surface area contributed by atoms with Crippen molar-refractivity contribution in [3.63, 3.8) is 0 Å². The Morgan fingerprint density at radius 3 is 2.70 bits per heavy atom. The van der Waals surface area contributed by atoms with Gasteiger partial charge in [-0.15, -0.1) is 0 Å². The third-order valence-corrected chi connectivity index (χ3v) is 2.64. The molecule has 0 spiro atoms. The predicted octanol–water partition coefficient (Wildman–Crippen LogP) is 3.20. The van der Waals surface area contributed by atoms with Crippen molar-refractivity contribution in [2.45, 2.75) is 6.54 Å². The van der Waals surface area contributed by atoms with E-state index in [1.807, 2.05) is 0 Å². The maximum Gasteiger partial charge on any atom is 0.329 e. The summed E-state index contributed by atoms with van der Waals surface area (Å²) >= 11 is 5.62. The maximum absolute atomic E-state index is 10.8. The summed E-state index contributed by atoms with van der Waals surface area (Å²) in [4.78, 5) is 20.9. The number of benzene rings is 1. The lowest BCUT2D eigenvalue weighted by molar-refractivity contribution is -0.384. The van der Waals surface area contributed by atoms with Crippen LogP contribution in [-0.4, -0.2) is 14.9 Å². The van der Waals surface area contributed by atoms with Gasteiger partial charge in [0.15, 0.2) is 5.69 Å². The molecule has 0 aliphatic rings.